The van der Waals surface area contributed by atoms with Crippen molar-refractivity contribution in [1.82, 2.24) is 46.0 Å². The van der Waals surface area contributed by atoms with Crippen LogP contribution < -0.4 is 37.8 Å². The van der Waals surface area contributed by atoms with E-state index in [1.54, 1.807) is 37.6 Å². The number of amides is 5. The number of aliphatic hydroxyl groups is 1. The van der Waals surface area contributed by atoms with E-state index in [1.807, 2.05) is 38.1 Å². The number of aliphatic hydroxyl groups excluding tert-OH is 1. The first-order valence-electron chi connectivity index (χ1n) is 20.5. The number of ether oxygens (including phenoxy) is 1. The highest BCUT2D eigenvalue weighted by molar-refractivity contribution is 7.98. The van der Waals surface area contributed by atoms with Crippen LogP contribution in [0.5, 0.6) is 5.75 Å². The van der Waals surface area contributed by atoms with Crippen molar-refractivity contribution < 1.29 is 44.0 Å². The zero-order chi connectivity index (χ0) is 46.5. The van der Waals surface area contributed by atoms with Gasteiger partial charge in [-0.3, -0.25) is 34.0 Å². The molecule has 2 aromatic carbocycles. The standard InChI is InChI=1S/C43H53N9O11S/c1-22(51(4)38(58)31-17-23-16-25(53)10-11-28(23)43(2,3)50-31)35(37(57)45-21-26-19-33(54)39(63-26)52-14-12-34(55)48-42(52)62)49-36(56)30(13-15-64-5)46-41(61)47-32(40(59)60)18-24-20-44-29-9-7-6-8-27(24)29/h6-12,14,16,20-22,30-33,35,39,44,50,53-54H,13,15,17-19H2,1-5H3,(H,45,57)(H,49,56)(H,59,60)(H2,46,47,61)(H,48,55,62)/b26-21+/t22-,30-,31-,32-,33+,35-,39+/m0/s1. The summed E-state index contributed by atoms with van der Waals surface area (Å²) in [6.07, 6.45) is 3.38. The first-order valence-corrected chi connectivity index (χ1v) is 21.9. The van der Waals surface area contributed by atoms with Gasteiger partial charge in [-0.1, -0.05) is 24.3 Å². The number of nitrogens with zero attached hydrogens (tertiary/aromatic N) is 2. The monoisotopic (exact) mass is 903 g/mol. The molecule has 0 bridgehead atoms. The predicted molar refractivity (Wildman–Crippen MR) is 236 cm³/mol. The molecule has 0 spiro atoms. The number of nitrogens with one attached hydrogen (secondary N) is 7. The minimum absolute atomic E-state index is 0.0415. The third-order valence-electron chi connectivity index (χ3n) is 11.5. The van der Waals surface area contributed by atoms with Crippen molar-refractivity contribution in [3.05, 3.63) is 110 Å². The van der Waals surface area contributed by atoms with Crippen LogP contribution in [-0.4, -0.2) is 120 Å². The van der Waals surface area contributed by atoms with Gasteiger partial charge in [-0.25, -0.2) is 14.4 Å². The number of benzene rings is 2. The second-order valence-corrected chi connectivity index (χ2v) is 17.4. The van der Waals surface area contributed by atoms with Crippen molar-refractivity contribution in [2.24, 2.45) is 0 Å². The Morgan fingerprint density at radius 2 is 1.77 bits per heavy atom. The number of carboxylic acid groups (broad SMARTS) is 1. The predicted octanol–water partition coefficient (Wildman–Crippen LogP) is 0.859. The third-order valence-corrected chi connectivity index (χ3v) is 12.1. The number of phenolic OH excluding ortho intramolecular Hbond substituents is 1. The molecule has 0 aliphatic carbocycles. The van der Waals surface area contributed by atoms with E-state index in [-0.39, 0.29) is 37.2 Å². The number of H-pyrrole nitrogens is 2. The molecule has 64 heavy (non-hydrogen) atoms. The second kappa shape index (κ2) is 19.9. The zero-order valence-corrected chi connectivity index (χ0v) is 36.7. The van der Waals surface area contributed by atoms with Crippen LogP contribution in [0.4, 0.5) is 4.79 Å². The highest BCUT2D eigenvalue weighted by atomic mass is 32.2. The van der Waals surface area contributed by atoms with Crippen molar-refractivity contribution in [3.63, 3.8) is 0 Å². The number of aromatic hydroxyl groups is 1. The number of carboxylic acids is 1. The molecule has 21 heteroatoms. The first-order chi connectivity index (χ1) is 30.4. The Bertz CT molecular complexity index is 2550. The summed E-state index contributed by atoms with van der Waals surface area (Å²) in [5.74, 6) is -2.88. The summed E-state index contributed by atoms with van der Waals surface area (Å²) in [7, 11) is 1.48. The minimum atomic E-state index is -1.48. The summed E-state index contributed by atoms with van der Waals surface area (Å²) in [6.45, 7) is 5.35. The molecule has 2 aliphatic heterocycles. The van der Waals surface area contributed by atoms with Gasteiger partial charge in [0, 0.05) is 61.0 Å². The van der Waals surface area contributed by atoms with Crippen LogP contribution in [0.1, 0.15) is 56.5 Å². The molecule has 0 unspecified atom stereocenters. The van der Waals surface area contributed by atoms with Gasteiger partial charge in [0.2, 0.25) is 23.9 Å². The van der Waals surface area contributed by atoms with Gasteiger partial charge in [0.15, 0.2) is 0 Å². The number of para-hydroxylation sites is 1. The zero-order valence-electron chi connectivity index (χ0n) is 35.8. The summed E-state index contributed by atoms with van der Waals surface area (Å²) >= 11 is 1.39. The van der Waals surface area contributed by atoms with Gasteiger partial charge in [0.1, 0.15) is 35.7 Å². The first kappa shape index (κ1) is 46.9. The number of aromatic nitrogens is 3. The Hall–Kier alpha value is -6.58. The molecular formula is C43H53N9O11S. The van der Waals surface area contributed by atoms with E-state index < -0.39 is 89.1 Å². The molecule has 4 heterocycles. The van der Waals surface area contributed by atoms with Crippen LogP contribution in [0.2, 0.25) is 0 Å². The van der Waals surface area contributed by atoms with Gasteiger partial charge < -0.3 is 51.2 Å². The van der Waals surface area contributed by atoms with Gasteiger partial charge in [0.05, 0.1) is 12.1 Å². The molecular weight excluding hydrogens is 851 g/mol. The van der Waals surface area contributed by atoms with Gasteiger partial charge >= 0.3 is 17.7 Å². The maximum absolute atomic E-state index is 14.3. The molecule has 0 saturated carbocycles. The maximum atomic E-state index is 14.3. The van der Waals surface area contributed by atoms with Crippen LogP contribution in [0.3, 0.4) is 0 Å². The Labute approximate surface area is 371 Å². The van der Waals surface area contributed by atoms with Crippen molar-refractivity contribution in [2.75, 3.05) is 19.1 Å². The van der Waals surface area contributed by atoms with E-state index in [2.05, 4.69) is 36.6 Å². The molecule has 6 rings (SSSR count). The summed E-state index contributed by atoms with van der Waals surface area (Å²) in [5, 5.41) is 45.5. The average molecular weight is 904 g/mol. The largest absolute Gasteiger partial charge is 0.508 e. The molecule has 2 aromatic heterocycles. The summed E-state index contributed by atoms with van der Waals surface area (Å²) in [4.78, 5) is 98.9. The molecule has 5 amide bonds. The van der Waals surface area contributed by atoms with E-state index in [0.29, 0.717) is 11.3 Å². The highest BCUT2D eigenvalue weighted by Crippen LogP contribution is 2.33. The number of fused-ring (bicyclic) bond motifs is 2. The molecule has 20 nitrogen and oxygen atoms in total. The number of aliphatic carboxylic acids is 1. The van der Waals surface area contributed by atoms with Gasteiger partial charge in [0.25, 0.3) is 5.56 Å². The highest BCUT2D eigenvalue weighted by Gasteiger charge is 2.41. The van der Waals surface area contributed by atoms with Crippen molar-refractivity contribution in [1.29, 1.82) is 0 Å². The Balaban J connectivity index is 1.22. The average Bonchev–Trinajstić information content (AvgIpc) is 3.83. The molecule has 0 radical (unpaired) electrons. The summed E-state index contributed by atoms with van der Waals surface area (Å²) in [5.41, 5.74) is 0.949. The van der Waals surface area contributed by atoms with E-state index >= 15 is 0 Å². The van der Waals surface area contributed by atoms with Gasteiger partial charge in [-0.05, 0) is 80.5 Å². The molecule has 1 fully saturated rings. The lowest BCUT2D eigenvalue weighted by Crippen LogP contribution is -2.63. The smallest absolute Gasteiger partial charge is 0.331 e. The van der Waals surface area contributed by atoms with E-state index in [9.17, 15) is 48.9 Å². The molecule has 1 saturated heterocycles. The quantitative estimate of drug-likeness (QED) is 0.0748. The van der Waals surface area contributed by atoms with Crippen molar-refractivity contribution in [2.45, 2.75) is 94.5 Å². The molecule has 4 aromatic rings. The maximum Gasteiger partial charge on any atom is 0.331 e. The number of carbonyl (C=O) groups excluding carboxylic acids is 4. The summed E-state index contributed by atoms with van der Waals surface area (Å²) < 4.78 is 6.75. The van der Waals surface area contributed by atoms with Crippen LogP contribution in [-0.2, 0) is 42.3 Å². The van der Waals surface area contributed by atoms with Gasteiger partial charge in [-0.15, -0.1) is 0 Å². The number of thioether (sulfide) groups is 1. The lowest BCUT2D eigenvalue weighted by Gasteiger charge is -2.41. The number of aromatic amines is 2. The molecule has 2 aliphatic rings. The number of hydrogen-bond acceptors (Lipinski definition) is 12. The van der Waals surface area contributed by atoms with Crippen LogP contribution in [0, 0.1) is 0 Å². The fourth-order valence-corrected chi connectivity index (χ4v) is 8.47. The molecule has 10 N–H and O–H groups in total. The molecule has 7 atom stereocenters. The number of urea groups is 1. The lowest BCUT2D eigenvalue weighted by atomic mass is 9.82. The van der Waals surface area contributed by atoms with Crippen molar-refractivity contribution >= 4 is 52.4 Å². The Morgan fingerprint density at radius 3 is 2.48 bits per heavy atom. The van der Waals surface area contributed by atoms with E-state index in [1.165, 1.54) is 23.7 Å². The summed E-state index contributed by atoms with van der Waals surface area (Å²) in [6, 6.07) is 6.44. The van der Waals surface area contributed by atoms with Gasteiger partial charge in [-0.2, -0.15) is 11.8 Å². The van der Waals surface area contributed by atoms with E-state index in [4.69, 9.17) is 4.74 Å². The van der Waals surface area contributed by atoms with E-state index in [0.717, 1.165) is 45.1 Å². The second-order valence-electron chi connectivity index (χ2n) is 16.4. The third kappa shape index (κ3) is 10.8. The SMILES string of the molecule is CSCC[C@H](NC(=O)N[C@@H](Cc1c[nH]c2ccccc12)C(=O)O)C(=O)N[C@H](C(=O)N/C=C1\C[C@@H](O)[C@H](n2ccc(=O)[nH]c2=O)O1)[C@H](C)N(C)C(=O)[C@@H]1Cc2cc(O)ccc2C(C)(C)N1. The molecule has 342 valence electrons. The fraction of sp³-hybridized carbons (Fsp3) is 0.419. The Morgan fingerprint density at radius 1 is 1.03 bits per heavy atom. The van der Waals surface area contributed by atoms with Crippen LogP contribution >= 0.6 is 11.8 Å². The number of carbonyl (C=O) groups is 5. The van der Waals surface area contributed by atoms with Crippen LogP contribution in [0.25, 0.3) is 10.9 Å². The lowest BCUT2D eigenvalue weighted by molar-refractivity contribution is -0.139. The number of rotatable bonds is 16. The normalized spacial score (nSPS) is 20.2. The Kier molecular flexibility index (Phi) is 14.6. The topological polar surface area (TPSA) is 289 Å². The fourth-order valence-electron chi connectivity index (χ4n) is 8.00. The number of hydrogen-bond donors (Lipinski definition) is 10. The number of phenols is 1. The van der Waals surface area contributed by atoms with Crippen LogP contribution in [0.15, 0.2) is 82.5 Å². The van der Waals surface area contributed by atoms with Crippen molar-refractivity contribution in [3.8, 4) is 5.75 Å². The minimum Gasteiger partial charge on any atom is -0.508 e. The number of likely N-dealkylation sites (N-methyl/N-ethyl adjacent to an activating group) is 1.